The predicted octanol–water partition coefficient (Wildman–Crippen LogP) is 4.02. The van der Waals surface area contributed by atoms with E-state index < -0.39 is 5.60 Å². The number of hydrogen-bond acceptors (Lipinski definition) is 8. The van der Waals surface area contributed by atoms with E-state index in [1.165, 1.54) is 17.0 Å². The minimum Gasteiger partial charge on any atom is -0.459 e. The van der Waals surface area contributed by atoms with Gasteiger partial charge in [0.25, 0.3) is 5.56 Å². The van der Waals surface area contributed by atoms with Crippen molar-refractivity contribution >= 4 is 35.8 Å². The van der Waals surface area contributed by atoms with Gasteiger partial charge in [0, 0.05) is 49.9 Å². The maximum Gasteiger partial charge on any atom is 0.281 e. The zero-order valence-corrected chi connectivity index (χ0v) is 25.8. The molecule has 1 fully saturated rings. The van der Waals surface area contributed by atoms with Crippen LogP contribution >= 0.6 is 24.8 Å². The third kappa shape index (κ3) is 6.58. The zero-order chi connectivity index (χ0) is 29.4. The molecule has 0 aliphatic carbocycles. The second kappa shape index (κ2) is 13.6. The Morgan fingerprint density at radius 3 is 2.36 bits per heavy atom. The summed E-state index contributed by atoms with van der Waals surface area (Å²) >= 11 is 0. The van der Waals surface area contributed by atoms with E-state index in [1.54, 1.807) is 36.0 Å². The van der Waals surface area contributed by atoms with Crippen LogP contribution in [0.2, 0.25) is 0 Å². The summed E-state index contributed by atoms with van der Waals surface area (Å²) < 4.78 is 23.5. The molecular formula is C31H35Cl2FN6O4. The first-order valence-electron chi connectivity index (χ1n) is 13.9. The number of nitrogens with two attached hydrogens (primary N) is 1. The van der Waals surface area contributed by atoms with Gasteiger partial charge in [-0.25, -0.2) is 9.37 Å². The molecule has 44 heavy (non-hydrogen) atoms. The summed E-state index contributed by atoms with van der Waals surface area (Å²) in [5, 5.41) is 25.0. The number of likely N-dealkylation sites (tertiary alicyclic amines) is 1. The minimum atomic E-state index is -1.10. The highest BCUT2D eigenvalue weighted by Crippen LogP contribution is 2.29. The predicted molar refractivity (Wildman–Crippen MR) is 170 cm³/mol. The van der Waals surface area contributed by atoms with Crippen molar-refractivity contribution in [2.45, 2.75) is 44.7 Å². The van der Waals surface area contributed by atoms with Gasteiger partial charge < -0.3 is 20.4 Å². The van der Waals surface area contributed by atoms with Gasteiger partial charge in [-0.2, -0.15) is 5.10 Å². The lowest BCUT2D eigenvalue weighted by atomic mass is 9.91. The molecule has 0 amide bonds. The van der Waals surface area contributed by atoms with Gasteiger partial charge >= 0.3 is 0 Å². The molecule has 1 aliphatic rings. The summed E-state index contributed by atoms with van der Waals surface area (Å²) in [5.74, 6) is 0.580. The number of rotatable bonds is 8. The van der Waals surface area contributed by atoms with Crippen molar-refractivity contribution in [3.8, 4) is 22.6 Å². The molecule has 0 unspecified atom stereocenters. The first-order chi connectivity index (χ1) is 20.3. The van der Waals surface area contributed by atoms with E-state index in [9.17, 15) is 19.4 Å². The fourth-order valence-electron chi connectivity index (χ4n) is 5.62. The normalized spacial score (nSPS) is 14.8. The van der Waals surface area contributed by atoms with Crippen LogP contribution in [0.15, 0.2) is 70.1 Å². The lowest BCUT2D eigenvalue weighted by Crippen LogP contribution is -2.47. The molecule has 2 aromatic carbocycles. The molecule has 234 valence electrons. The zero-order valence-electron chi connectivity index (χ0n) is 24.1. The number of fused-ring (bicyclic) bond motifs is 1. The van der Waals surface area contributed by atoms with Crippen molar-refractivity contribution < 1.29 is 19.0 Å². The van der Waals surface area contributed by atoms with Crippen LogP contribution in [-0.2, 0) is 33.3 Å². The Kier molecular flexibility index (Phi) is 10.3. The fraction of sp³-hybridized carbons (Fsp3) is 0.323. The number of aromatic nitrogens is 4. The van der Waals surface area contributed by atoms with Crippen LogP contribution in [0.25, 0.3) is 33.6 Å². The van der Waals surface area contributed by atoms with Gasteiger partial charge in [0.15, 0.2) is 5.52 Å². The Bertz CT molecular complexity index is 1800. The number of hydrogen-bond donors (Lipinski definition) is 3. The van der Waals surface area contributed by atoms with E-state index in [4.69, 9.17) is 10.2 Å². The van der Waals surface area contributed by atoms with Crippen molar-refractivity contribution in [1.82, 2.24) is 24.2 Å². The monoisotopic (exact) mass is 644 g/mol. The highest BCUT2D eigenvalue weighted by Gasteiger charge is 2.33. The maximum absolute atomic E-state index is 14.9. The highest BCUT2D eigenvalue weighted by molar-refractivity contribution is 5.89. The molecule has 1 aliphatic heterocycles. The molecule has 0 spiro atoms. The van der Waals surface area contributed by atoms with Crippen LogP contribution in [0.5, 0.6) is 0 Å². The van der Waals surface area contributed by atoms with Crippen LogP contribution in [0.4, 0.5) is 4.39 Å². The molecule has 0 bridgehead atoms. The Hall–Kier alpha value is -3.58. The fourth-order valence-corrected chi connectivity index (χ4v) is 5.62. The Balaban J connectivity index is 0.00000221. The molecule has 5 aromatic rings. The smallest absolute Gasteiger partial charge is 0.281 e. The summed E-state index contributed by atoms with van der Waals surface area (Å²) in [6.45, 7) is 1.83. The second-order valence-electron chi connectivity index (χ2n) is 11.0. The third-order valence-electron chi connectivity index (χ3n) is 8.08. The molecule has 4 heterocycles. The molecule has 0 saturated carbocycles. The number of benzene rings is 2. The van der Waals surface area contributed by atoms with Gasteiger partial charge in [-0.1, -0.05) is 36.4 Å². The highest BCUT2D eigenvalue weighted by atomic mass is 35.5. The lowest BCUT2D eigenvalue weighted by Gasteiger charge is -2.38. The van der Waals surface area contributed by atoms with E-state index in [0.29, 0.717) is 67.2 Å². The SMILES string of the molecule is Cl.Cl.Cn1nc2c(=O)n(CC3(O)CCN(Cc4ccc(-c5ccc(CO)o5)cc4F)CC3)cnc2c1-c1ccc(CN)cc1. The van der Waals surface area contributed by atoms with Gasteiger partial charge in [0.2, 0.25) is 0 Å². The lowest BCUT2D eigenvalue weighted by molar-refractivity contribution is -0.0366. The molecule has 13 heteroatoms. The Morgan fingerprint density at radius 1 is 1.02 bits per heavy atom. The first kappa shape index (κ1) is 33.3. The molecule has 4 N–H and O–H groups in total. The number of aliphatic hydroxyl groups excluding tert-OH is 1. The average molecular weight is 646 g/mol. The van der Waals surface area contributed by atoms with Crippen molar-refractivity contribution in [3.05, 3.63) is 94.0 Å². The van der Waals surface area contributed by atoms with Gasteiger partial charge in [-0.3, -0.25) is 18.9 Å². The van der Waals surface area contributed by atoms with E-state index in [1.807, 2.05) is 24.3 Å². The van der Waals surface area contributed by atoms with E-state index >= 15 is 0 Å². The van der Waals surface area contributed by atoms with Crippen LogP contribution in [0, 0.1) is 5.82 Å². The summed E-state index contributed by atoms with van der Waals surface area (Å²) in [6, 6.07) is 16.1. The molecule has 0 radical (unpaired) electrons. The summed E-state index contributed by atoms with van der Waals surface area (Å²) in [4.78, 5) is 20.0. The Morgan fingerprint density at radius 2 is 1.73 bits per heavy atom. The molecular weight excluding hydrogens is 610 g/mol. The van der Waals surface area contributed by atoms with E-state index in [-0.39, 0.29) is 54.9 Å². The van der Waals surface area contributed by atoms with Crippen molar-refractivity contribution in [3.63, 3.8) is 0 Å². The summed E-state index contributed by atoms with van der Waals surface area (Å²) in [5.41, 5.74) is 8.85. The average Bonchev–Trinajstić information content (AvgIpc) is 3.61. The quantitative estimate of drug-likeness (QED) is 0.231. The molecule has 3 aromatic heterocycles. The van der Waals surface area contributed by atoms with E-state index in [2.05, 4.69) is 15.0 Å². The molecule has 0 atom stereocenters. The van der Waals surface area contributed by atoms with Crippen LogP contribution in [-0.4, -0.2) is 53.1 Å². The maximum atomic E-state index is 14.9. The molecule has 10 nitrogen and oxygen atoms in total. The molecule has 1 saturated heterocycles. The van der Waals surface area contributed by atoms with Crippen LogP contribution < -0.4 is 11.3 Å². The first-order valence-corrected chi connectivity index (χ1v) is 13.9. The molecule has 6 rings (SSSR count). The van der Waals surface area contributed by atoms with Crippen LogP contribution in [0.1, 0.15) is 29.7 Å². The number of aryl methyl sites for hydroxylation is 1. The van der Waals surface area contributed by atoms with Gasteiger partial charge in [-0.05, 0) is 36.6 Å². The number of halogens is 3. The standard InChI is InChI=1S/C31H33FN6O4.2ClH/c1-36-29(21-4-2-20(15-33)3-5-21)27-28(35-36)30(40)38(19-34-27)18-31(41)10-12-37(13-11-31)16-23-7-6-22(14-25(23)32)26-9-8-24(17-39)42-26;;/h2-9,14,19,39,41H,10-13,15-18,33H2,1H3;2*1H. The number of piperidine rings is 1. The number of nitrogens with zero attached hydrogens (tertiary/aromatic N) is 5. The van der Waals surface area contributed by atoms with Crippen molar-refractivity contribution in [2.24, 2.45) is 12.8 Å². The van der Waals surface area contributed by atoms with Gasteiger partial charge in [0.1, 0.15) is 29.5 Å². The Labute approximate surface area is 265 Å². The summed E-state index contributed by atoms with van der Waals surface area (Å²) in [7, 11) is 1.78. The largest absolute Gasteiger partial charge is 0.459 e. The third-order valence-corrected chi connectivity index (χ3v) is 8.08. The second-order valence-corrected chi connectivity index (χ2v) is 11.0. The van der Waals surface area contributed by atoms with Crippen molar-refractivity contribution in [2.75, 3.05) is 13.1 Å². The van der Waals surface area contributed by atoms with E-state index in [0.717, 1.165) is 16.8 Å². The van der Waals surface area contributed by atoms with Gasteiger partial charge in [0.05, 0.1) is 24.2 Å². The number of furan rings is 1. The number of aliphatic hydroxyl groups is 2. The topological polar surface area (TPSA) is 136 Å². The van der Waals surface area contributed by atoms with Gasteiger partial charge in [-0.15, -0.1) is 24.8 Å². The van der Waals surface area contributed by atoms with Crippen LogP contribution in [0.3, 0.4) is 0 Å². The van der Waals surface area contributed by atoms with Crippen molar-refractivity contribution in [1.29, 1.82) is 0 Å². The minimum absolute atomic E-state index is 0. The summed E-state index contributed by atoms with van der Waals surface area (Å²) in [6.07, 6.45) is 2.33.